The van der Waals surface area contributed by atoms with Crippen LogP contribution in [0.25, 0.3) is 0 Å². The van der Waals surface area contributed by atoms with E-state index >= 15 is 0 Å². The van der Waals surface area contributed by atoms with Gasteiger partial charge in [-0.3, -0.25) is 4.79 Å². The molecule has 1 aromatic carbocycles. The van der Waals surface area contributed by atoms with Crippen LogP contribution in [0.4, 0.5) is 24.0 Å². The van der Waals surface area contributed by atoms with E-state index in [-0.39, 0.29) is 24.5 Å². The van der Waals surface area contributed by atoms with Gasteiger partial charge in [0.05, 0.1) is 18.2 Å². The lowest BCUT2D eigenvalue weighted by Gasteiger charge is -2.33. The van der Waals surface area contributed by atoms with Gasteiger partial charge in [0.15, 0.2) is 11.7 Å². The Labute approximate surface area is 223 Å². The van der Waals surface area contributed by atoms with Crippen molar-refractivity contribution in [1.29, 1.82) is 0 Å². The zero-order valence-corrected chi connectivity index (χ0v) is 22.2. The quantitative estimate of drug-likeness (QED) is 0.321. The summed E-state index contributed by atoms with van der Waals surface area (Å²) in [5.41, 5.74) is 1.74. The molecule has 12 heteroatoms. The zero-order chi connectivity index (χ0) is 26.3. The lowest BCUT2D eigenvalue weighted by Crippen LogP contribution is -2.35. The molecule has 0 unspecified atom stereocenters. The molecule has 0 fully saturated rings. The normalized spacial score (nSPS) is 18.9. The predicted octanol–water partition coefficient (Wildman–Crippen LogP) is 6.68. The number of fused-ring (bicyclic) bond motifs is 2. The number of benzene rings is 1. The minimum Gasteiger partial charge on any atom is -0.462 e. The minimum absolute atomic E-state index is 0.0998. The van der Waals surface area contributed by atoms with E-state index in [2.05, 4.69) is 31.7 Å². The van der Waals surface area contributed by atoms with Crippen molar-refractivity contribution in [2.75, 3.05) is 17.2 Å². The number of nitrogens with one attached hydrogen (secondary N) is 2. The van der Waals surface area contributed by atoms with Gasteiger partial charge < -0.3 is 15.4 Å². The molecule has 1 aliphatic carbocycles. The lowest BCUT2D eigenvalue weighted by atomic mass is 9.95. The second-order valence-electron chi connectivity index (χ2n) is 8.99. The number of aromatic nitrogens is 2. The van der Waals surface area contributed by atoms with Gasteiger partial charge >= 0.3 is 12.1 Å². The molecule has 3 aromatic rings. The first-order chi connectivity index (χ1) is 17.7. The van der Waals surface area contributed by atoms with E-state index in [1.165, 1.54) is 17.4 Å². The van der Waals surface area contributed by atoms with Crippen molar-refractivity contribution in [3.05, 3.63) is 62.1 Å². The van der Waals surface area contributed by atoms with E-state index in [0.717, 1.165) is 38.9 Å². The highest BCUT2D eigenvalue weighted by Gasteiger charge is 2.47. The van der Waals surface area contributed by atoms with Crippen LogP contribution in [0.1, 0.15) is 75.1 Å². The van der Waals surface area contributed by atoms with Crippen LogP contribution in [-0.2, 0) is 17.6 Å². The third-order valence-corrected chi connectivity index (χ3v) is 8.31. The minimum atomic E-state index is -4.56. The molecule has 0 bridgehead atoms. The van der Waals surface area contributed by atoms with E-state index < -0.39 is 30.1 Å². The SMILES string of the molecule is CCOC(=O)c1c(NC(=O)c2cc3n(n2)[C@@H](C(F)(F)F)C[C@H](c2ccc(Br)cc2)N3)sc2c1CCCC2. The third kappa shape index (κ3) is 5.13. The van der Waals surface area contributed by atoms with Gasteiger partial charge in [-0.1, -0.05) is 28.1 Å². The Bertz CT molecular complexity index is 1340. The molecule has 1 amide bonds. The van der Waals surface area contributed by atoms with Crippen LogP contribution in [0, 0.1) is 0 Å². The van der Waals surface area contributed by atoms with Crippen LogP contribution in [0.2, 0.25) is 0 Å². The first-order valence-corrected chi connectivity index (χ1v) is 13.6. The molecule has 0 spiro atoms. The van der Waals surface area contributed by atoms with Gasteiger partial charge in [0.1, 0.15) is 10.8 Å². The number of aryl methyl sites for hydroxylation is 1. The topological polar surface area (TPSA) is 85.2 Å². The number of rotatable bonds is 5. The van der Waals surface area contributed by atoms with Crippen LogP contribution in [0.15, 0.2) is 34.8 Å². The highest BCUT2D eigenvalue weighted by atomic mass is 79.9. The van der Waals surface area contributed by atoms with Gasteiger partial charge in [0, 0.05) is 21.8 Å². The summed E-state index contributed by atoms with van der Waals surface area (Å²) < 4.78 is 49.0. The molecular formula is C25H24BrF3N4O3S. The second kappa shape index (κ2) is 10.1. The summed E-state index contributed by atoms with van der Waals surface area (Å²) in [6, 6.07) is 5.85. The largest absolute Gasteiger partial charge is 0.462 e. The fourth-order valence-electron chi connectivity index (χ4n) is 4.84. The summed E-state index contributed by atoms with van der Waals surface area (Å²) in [6.07, 6.45) is -1.40. The summed E-state index contributed by atoms with van der Waals surface area (Å²) in [4.78, 5) is 26.9. The lowest BCUT2D eigenvalue weighted by molar-refractivity contribution is -0.173. The van der Waals surface area contributed by atoms with E-state index in [1.54, 1.807) is 31.2 Å². The number of amides is 1. The van der Waals surface area contributed by atoms with Crippen molar-refractivity contribution in [2.24, 2.45) is 0 Å². The maximum atomic E-state index is 14.0. The van der Waals surface area contributed by atoms with Crippen LogP contribution >= 0.6 is 27.3 Å². The summed E-state index contributed by atoms with van der Waals surface area (Å²) >= 11 is 4.65. The van der Waals surface area contributed by atoms with Gasteiger partial charge in [0.25, 0.3) is 5.91 Å². The average molecular weight is 597 g/mol. The van der Waals surface area contributed by atoms with Gasteiger partial charge in [-0.2, -0.15) is 18.3 Å². The number of thiophene rings is 1. The highest BCUT2D eigenvalue weighted by molar-refractivity contribution is 9.10. The first kappa shape index (κ1) is 25.8. The van der Waals surface area contributed by atoms with Crippen molar-refractivity contribution in [3.8, 4) is 0 Å². The Kier molecular flexibility index (Phi) is 7.06. The number of nitrogens with zero attached hydrogens (tertiary/aromatic N) is 2. The molecule has 2 aliphatic rings. The number of hydrogen-bond acceptors (Lipinski definition) is 6. The molecule has 7 nitrogen and oxygen atoms in total. The van der Waals surface area contributed by atoms with Crippen LogP contribution in [0.3, 0.4) is 0 Å². The third-order valence-electron chi connectivity index (χ3n) is 6.57. The Hall–Kier alpha value is -2.86. The number of carbonyl (C=O) groups excluding carboxylic acids is 2. The van der Waals surface area contributed by atoms with E-state index in [1.807, 2.05) is 0 Å². The zero-order valence-electron chi connectivity index (χ0n) is 19.8. The first-order valence-electron chi connectivity index (χ1n) is 12.0. The fraction of sp³-hybridized carbons (Fsp3) is 0.400. The number of hydrogen-bond donors (Lipinski definition) is 2. The van der Waals surface area contributed by atoms with E-state index in [4.69, 9.17) is 4.74 Å². The standard InChI is InChI=1S/C25H24BrF3N4O3S/c1-2-36-24(35)21-15-5-3-4-6-18(15)37-23(21)31-22(34)17-12-20-30-16(13-7-9-14(26)10-8-13)11-19(25(27,28)29)33(20)32-17/h7-10,12,16,19,30H,2-6,11H2,1H3,(H,31,34)/t16-,19-/m1/s1. The molecule has 2 aromatic heterocycles. The molecule has 1 aliphatic heterocycles. The number of carbonyl (C=O) groups is 2. The Morgan fingerprint density at radius 3 is 2.68 bits per heavy atom. The second-order valence-corrected chi connectivity index (χ2v) is 11.0. The van der Waals surface area contributed by atoms with Gasteiger partial charge in [-0.15, -0.1) is 11.3 Å². The molecule has 5 rings (SSSR count). The number of halogens is 4. The summed E-state index contributed by atoms with van der Waals surface area (Å²) in [5, 5.41) is 10.2. The smallest absolute Gasteiger partial charge is 0.410 e. The molecule has 196 valence electrons. The Balaban J connectivity index is 1.45. The molecule has 0 saturated carbocycles. The van der Waals surface area contributed by atoms with Crippen molar-refractivity contribution in [1.82, 2.24) is 9.78 Å². The fourth-order valence-corrected chi connectivity index (χ4v) is 6.38. The van der Waals surface area contributed by atoms with Gasteiger partial charge in [-0.05, 0) is 55.9 Å². The van der Waals surface area contributed by atoms with Gasteiger partial charge in [0.2, 0.25) is 0 Å². The maximum absolute atomic E-state index is 14.0. The Morgan fingerprint density at radius 1 is 1.24 bits per heavy atom. The number of esters is 1. The van der Waals surface area contributed by atoms with Crippen molar-refractivity contribution >= 4 is 50.0 Å². The van der Waals surface area contributed by atoms with Crippen LogP contribution in [-0.4, -0.2) is 34.4 Å². The monoisotopic (exact) mass is 596 g/mol. The molecule has 2 N–H and O–H groups in total. The highest BCUT2D eigenvalue weighted by Crippen LogP contribution is 2.44. The number of ether oxygens (including phenoxy) is 1. The van der Waals surface area contributed by atoms with Crippen LogP contribution < -0.4 is 10.6 Å². The van der Waals surface area contributed by atoms with Crippen molar-refractivity contribution < 1.29 is 27.5 Å². The molecule has 37 heavy (non-hydrogen) atoms. The number of alkyl halides is 3. The molecule has 0 radical (unpaired) electrons. The average Bonchev–Trinajstić information content (AvgIpc) is 3.44. The predicted molar refractivity (Wildman–Crippen MR) is 137 cm³/mol. The summed E-state index contributed by atoms with van der Waals surface area (Å²) in [5.74, 6) is -1.10. The van der Waals surface area contributed by atoms with Crippen LogP contribution in [0.5, 0.6) is 0 Å². The van der Waals surface area contributed by atoms with E-state index in [0.29, 0.717) is 22.5 Å². The van der Waals surface area contributed by atoms with E-state index in [9.17, 15) is 22.8 Å². The maximum Gasteiger partial charge on any atom is 0.410 e. The van der Waals surface area contributed by atoms with Crippen molar-refractivity contribution in [3.63, 3.8) is 0 Å². The van der Waals surface area contributed by atoms with Gasteiger partial charge in [-0.25, -0.2) is 9.48 Å². The molecule has 0 saturated heterocycles. The summed E-state index contributed by atoms with van der Waals surface area (Å²) in [6.45, 7) is 1.89. The van der Waals surface area contributed by atoms with Crippen molar-refractivity contribution in [2.45, 2.75) is 57.3 Å². The molecule has 3 heterocycles. The number of anilines is 2. The molecular weight excluding hydrogens is 573 g/mol. The Morgan fingerprint density at radius 2 is 1.97 bits per heavy atom. The molecule has 2 atom stereocenters. The summed E-state index contributed by atoms with van der Waals surface area (Å²) in [7, 11) is 0.